The zero-order valence-corrected chi connectivity index (χ0v) is 24.5. The van der Waals surface area contributed by atoms with E-state index in [0.29, 0.717) is 11.8 Å². The van der Waals surface area contributed by atoms with E-state index in [1.165, 1.54) is 30.5 Å². The third-order valence-electron chi connectivity index (χ3n) is 8.60. The lowest BCUT2D eigenvalue weighted by molar-refractivity contribution is 0.280. The number of allylic oxidation sites excluding steroid dienone is 3. The van der Waals surface area contributed by atoms with Crippen molar-refractivity contribution in [2.75, 3.05) is 20.2 Å². The van der Waals surface area contributed by atoms with Crippen LogP contribution in [-0.4, -0.2) is 48.8 Å². The molecule has 1 saturated heterocycles. The summed E-state index contributed by atoms with van der Waals surface area (Å²) < 4.78 is 10.1. The molecule has 4 heterocycles. The van der Waals surface area contributed by atoms with Crippen molar-refractivity contribution in [2.24, 2.45) is 5.92 Å². The van der Waals surface area contributed by atoms with Crippen molar-refractivity contribution in [1.29, 1.82) is 0 Å². The number of fused-ring (bicyclic) bond motifs is 1. The second kappa shape index (κ2) is 10.1. The van der Waals surface area contributed by atoms with Gasteiger partial charge in [-0.25, -0.2) is 9.67 Å². The highest BCUT2D eigenvalue weighted by molar-refractivity contribution is 9.10. The number of rotatable bonds is 5. The second-order valence-corrected chi connectivity index (χ2v) is 13.0. The third-order valence-corrected chi connectivity index (χ3v) is 9.40. The summed E-state index contributed by atoms with van der Waals surface area (Å²) in [5.41, 5.74) is 5.72. The first kappa shape index (κ1) is 25.5. The van der Waals surface area contributed by atoms with E-state index >= 15 is 0 Å². The molecule has 0 bridgehead atoms. The van der Waals surface area contributed by atoms with Gasteiger partial charge >= 0.3 is 0 Å². The first-order valence-corrected chi connectivity index (χ1v) is 14.8. The Balaban J connectivity index is 1.36. The Hall–Kier alpha value is -2.80. The van der Waals surface area contributed by atoms with Crippen molar-refractivity contribution < 1.29 is 4.74 Å². The fourth-order valence-corrected chi connectivity index (χ4v) is 7.09. The Kier molecular flexibility index (Phi) is 6.75. The summed E-state index contributed by atoms with van der Waals surface area (Å²) in [5, 5.41) is 5.04. The van der Waals surface area contributed by atoms with Gasteiger partial charge in [-0.3, -0.25) is 0 Å². The smallest absolute Gasteiger partial charge is 0.181 e. The molecule has 0 N–H and O–H groups in total. The van der Waals surface area contributed by atoms with Crippen LogP contribution in [0.3, 0.4) is 0 Å². The molecule has 3 aliphatic rings. The molecule has 2 aromatic heterocycles. The number of alkyl halides is 1. The van der Waals surface area contributed by atoms with Gasteiger partial charge in [0, 0.05) is 65.0 Å². The topological polar surface area (TPSA) is 48.1 Å². The van der Waals surface area contributed by atoms with Crippen molar-refractivity contribution >= 4 is 15.9 Å². The molecular weight excluding hydrogens is 538 g/mol. The Morgan fingerprint density at radius 3 is 2.61 bits per heavy atom. The summed E-state index contributed by atoms with van der Waals surface area (Å²) >= 11 is 4.09. The molecule has 2 aliphatic heterocycles. The quantitative estimate of drug-likeness (QED) is 0.309. The molecule has 200 valence electrons. The monoisotopic (exact) mass is 575 g/mol. The van der Waals surface area contributed by atoms with E-state index in [-0.39, 0.29) is 4.32 Å². The number of halogens is 1. The van der Waals surface area contributed by atoms with Gasteiger partial charge in [-0.05, 0) is 82.7 Å². The van der Waals surface area contributed by atoms with Crippen LogP contribution in [0.25, 0.3) is 17.1 Å². The average Bonchev–Trinajstić information content (AvgIpc) is 3.55. The fourth-order valence-electron chi connectivity index (χ4n) is 6.51. The molecule has 3 atom stereocenters. The second-order valence-electron chi connectivity index (χ2n) is 11.3. The van der Waals surface area contributed by atoms with Gasteiger partial charge in [0.25, 0.3) is 0 Å². The molecule has 0 amide bonds. The van der Waals surface area contributed by atoms with Gasteiger partial charge in [0.2, 0.25) is 0 Å². The summed E-state index contributed by atoms with van der Waals surface area (Å²) in [7, 11) is 1.74. The van der Waals surface area contributed by atoms with E-state index in [9.17, 15) is 0 Å². The Labute approximate surface area is 234 Å². The number of piperidine rings is 1. The SMILES string of the molecule is COc1c(-n2ccc(C)c2)ccc(-c2nc3n(n2)CCCC3C2C=C(N3CCCCC3)C=CC2(C)Br)c1C. The number of hydrogen-bond acceptors (Lipinski definition) is 4. The molecule has 7 heteroatoms. The maximum atomic E-state index is 5.91. The number of likely N-dealkylation sites (tertiary alicyclic amines) is 1. The van der Waals surface area contributed by atoms with Crippen LogP contribution in [0.4, 0.5) is 0 Å². The normalized spacial score (nSPS) is 25.3. The van der Waals surface area contributed by atoms with Crippen LogP contribution in [0.15, 0.2) is 54.5 Å². The lowest BCUT2D eigenvalue weighted by atomic mass is 9.75. The molecule has 38 heavy (non-hydrogen) atoms. The van der Waals surface area contributed by atoms with Gasteiger partial charge in [0.05, 0.1) is 12.8 Å². The molecule has 0 saturated carbocycles. The summed E-state index contributed by atoms with van der Waals surface area (Å²) in [6, 6.07) is 6.37. The number of nitrogens with zero attached hydrogens (tertiary/aromatic N) is 5. The van der Waals surface area contributed by atoms with E-state index in [1.54, 1.807) is 7.11 Å². The van der Waals surface area contributed by atoms with Crippen LogP contribution >= 0.6 is 15.9 Å². The number of aryl methyl sites for hydroxylation is 2. The van der Waals surface area contributed by atoms with Crippen LogP contribution in [0.2, 0.25) is 0 Å². The first-order valence-electron chi connectivity index (χ1n) is 14.0. The summed E-state index contributed by atoms with van der Waals surface area (Å²) in [6.07, 6.45) is 17.5. The standard InChI is InChI=1S/C31H38BrN5O/c1-21-13-18-36(20-21)27-11-10-24(22(2)28(27)38-4)29-33-30-25(9-8-17-37(30)34-29)26-19-23(12-14-31(26,3)32)35-15-6-5-7-16-35/h10-14,18-20,25-26H,5-9,15-17H2,1-4H3. The largest absolute Gasteiger partial charge is 0.494 e. The number of methoxy groups -OCH3 is 1. The van der Waals surface area contributed by atoms with Gasteiger partial charge in [0.15, 0.2) is 5.82 Å². The van der Waals surface area contributed by atoms with E-state index in [4.69, 9.17) is 14.8 Å². The number of benzene rings is 1. The van der Waals surface area contributed by atoms with Gasteiger partial charge in [-0.1, -0.05) is 28.1 Å². The lowest BCUT2D eigenvalue weighted by Gasteiger charge is -2.40. The van der Waals surface area contributed by atoms with Crippen molar-refractivity contribution in [3.8, 4) is 22.8 Å². The molecule has 1 aromatic carbocycles. The molecule has 1 aliphatic carbocycles. The lowest BCUT2D eigenvalue weighted by Crippen LogP contribution is -2.37. The fraction of sp³-hybridized carbons (Fsp3) is 0.484. The van der Waals surface area contributed by atoms with E-state index in [0.717, 1.165) is 66.7 Å². The third kappa shape index (κ3) is 4.53. The maximum absolute atomic E-state index is 5.91. The minimum atomic E-state index is -0.110. The van der Waals surface area contributed by atoms with Crippen molar-refractivity contribution in [3.05, 3.63) is 71.5 Å². The summed E-state index contributed by atoms with van der Waals surface area (Å²) in [6.45, 7) is 9.75. The van der Waals surface area contributed by atoms with E-state index in [2.05, 4.69) is 99.7 Å². The van der Waals surface area contributed by atoms with E-state index < -0.39 is 0 Å². The molecular formula is C31H38BrN5O. The highest BCUT2D eigenvalue weighted by Crippen LogP contribution is 2.47. The van der Waals surface area contributed by atoms with Gasteiger partial charge < -0.3 is 14.2 Å². The van der Waals surface area contributed by atoms with Crippen molar-refractivity contribution in [2.45, 2.75) is 69.7 Å². The summed E-state index contributed by atoms with van der Waals surface area (Å²) in [5.74, 6) is 3.39. The molecule has 3 unspecified atom stereocenters. The maximum Gasteiger partial charge on any atom is 0.181 e. The summed E-state index contributed by atoms with van der Waals surface area (Å²) in [4.78, 5) is 7.79. The molecule has 3 aromatic rings. The molecule has 0 radical (unpaired) electrons. The minimum Gasteiger partial charge on any atom is -0.494 e. The Morgan fingerprint density at radius 2 is 1.87 bits per heavy atom. The molecule has 0 spiro atoms. The Bertz CT molecular complexity index is 1390. The predicted octanol–water partition coefficient (Wildman–Crippen LogP) is 6.95. The van der Waals surface area contributed by atoms with Crippen LogP contribution in [-0.2, 0) is 6.54 Å². The minimum absolute atomic E-state index is 0.110. The highest BCUT2D eigenvalue weighted by atomic mass is 79.9. The molecule has 6 rings (SSSR count). The zero-order chi connectivity index (χ0) is 26.4. The molecule has 6 nitrogen and oxygen atoms in total. The van der Waals surface area contributed by atoms with Crippen LogP contribution in [0, 0.1) is 19.8 Å². The van der Waals surface area contributed by atoms with Crippen LogP contribution < -0.4 is 4.74 Å². The zero-order valence-electron chi connectivity index (χ0n) is 23.0. The number of aromatic nitrogens is 4. The van der Waals surface area contributed by atoms with Gasteiger partial charge in [0.1, 0.15) is 11.6 Å². The molecule has 1 fully saturated rings. The van der Waals surface area contributed by atoms with Crippen molar-refractivity contribution in [1.82, 2.24) is 24.2 Å². The number of ether oxygens (including phenoxy) is 1. The Morgan fingerprint density at radius 1 is 1.05 bits per heavy atom. The van der Waals surface area contributed by atoms with Crippen LogP contribution in [0.1, 0.15) is 61.9 Å². The van der Waals surface area contributed by atoms with E-state index in [1.807, 2.05) is 0 Å². The van der Waals surface area contributed by atoms with Gasteiger partial charge in [-0.2, -0.15) is 5.10 Å². The first-order chi connectivity index (χ1) is 18.4. The van der Waals surface area contributed by atoms with Gasteiger partial charge in [-0.15, -0.1) is 0 Å². The predicted molar refractivity (Wildman–Crippen MR) is 156 cm³/mol. The van der Waals surface area contributed by atoms with Crippen molar-refractivity contribution in [3.63, 3.8) is 0 Å². The average molecular weight is 577 g/mol. The number of hydrogen-bond donors (Lipinski definition) is 0. The van der Waals surface area contributed by atoms with Crippen LogP contribution in [0.5, 0.6) is 5.75 Å². The highest BCUT2D eigenvalue weighted by Gasteiger charge is 2.41.